The molecule has 1 aliphatic carbocycles. The molecule has 1 aliphatic rings. The maximum Gasteiger partial charge on any atom is 0.140 e. The topological polar surface area (TPSA) is 53.1 Å². The van der Waals surface area contributed by atoms with E-state index in [1.54, 1.807) is 6.20 Å². The lowest BCUT2D eigenvalue weighted by molar-refractivity contribution is -0.0185. The van der Waals surface area contributed by atoms with Crippen LogP contribution < -0.4 is 5.73 Å². The number of nitrogens with two attached hydrogens (primary N) is 1. The predicted octanol–water partition coefficient (Wildman–Crippen LogP) is 2.08. The average molecular weight is 209 g/mol. The standard InChI is InChI=1S/C11H19N3O/c1-9-11(12)7-13-14(9)8-15-10-5-3-2-4-6-10/h7,10H,2-6,8,12H2,1H3. The molecule has 0 radical (unpaired) electrons. The van der Waals surface area contributed by atoms with Crippen molar-refractivity contribution < 1.29 is 4.74 Å². The fourth-order valence-corrected chi connectivity index (χ4v) is 2.00. The van der Waals surface area contributed by atoms with Crippen molar-refractivity contribution >= 4 is 5.69 Å². The van der Waals surface area contributed by atoms with Crippen molar-refractivity contribution in [3.8, 4) is 0 Å². The van der Waals surface area contributed by atoms with Gasteiger partial charge in [-0.15, -0.1) is 0 Å². The Morgan fingerprint density at radius 3 is 2.80 bits per heavy atom. The second-order valence-corrected chi connectivity index (χ2v) is 4.24. The van der Waals surface area contributed by atoms with Gasteiger partial charge in [0.15, 0.2) is 0 Å². The van der Waals surface area contributed by atoms with Gasteiger partial charge in [-0.2, -0.15) is 5.10 Å². The quantitative estimate of drug-likeness (QED) is 0.829. The van der Waals surface area contributed by atoms with Gasteiger partial charge in [-0.3, -0.25) is 0 Å². The molecule has 2 N–H and O–H groups in total. The van der Waals surface area contributed by atoms with Crippen LogP contribution in [0.3, 0.4) is 0 Å². The molecule has 1 heterocycles. The number of nitrogens with zero attached hydrogens (tertiary/aromatic N) is 2. The van der Waals surface area contributed by atoms with Gasteiger partial charge < -0.3 is 10.5 Å². The number of aromatic nitrogens is 2. The Balaban J connectivity index is 1.84. The average Bonchev–Trinajstić information content (AvgIpc) is 2.59. The maximum atomic E-state index is 5.81. The summed E-state index contributed by atoms with van der Waals surface area (Å²) in [7, 11) is 0. The molecule has 0 unspecified atom stereocenters. The molecule has 1 aromatic rings. The lowest BCUT2D eigenvalue weighted by Crippen LogP contribution is -2.19. The van der Waals surface area contributed by atoms with E-state index in [4.69, 9.17) is 10.5 Å². The van der Waals surface area contributed by atoms with E-state index >= 15 is 0 Å². The minimum absolute atomic E-state index is 0.420. The van der Waals surface area contributed by atoms with E-state index < -0.39 is 0 Å². The van der Waals surface area contributed by atoms with Gasteiger partial charge in [-0.1, -0.05) is 19.3 Å². The van der Waals surface area contributed by atoms with E-state index in [9.17, 15) is 0 Å². The monoisotopic (exact) mass is 209 g/mol. The lowest BCUT2D eigenvalue weighted by Gasteiger charge is -2.22. The zero-order valence-corrected chi connectivity index (χ0v) is 9.28. The molecule has 0 aromatic carbocycles. The number of ether oxygens (including phenoxy) is 1. The van der Waals surface area contributed by atoms with Gasteiger partial charge in [0.2, 0.25) is 0 Å². The van der Waals surface area contributed by atoms with Gasteiger partial charge in [-0.05, 0) is 19.8 Å². The van der Waals surface area contributed by atoms with E-state index in [1.165, 1.54) is 32.1 Å². The fraction of sp³-hybridized carbons (Fsp3) is 0.727. The van der Waals surface area contributed by atoms with Crippen LogP contribution in [0.5, 0.6) is 0 Å². The van der Waals surface area contributed by atoms with E-state index in [0.717, 1.165) is 11.4 Å². The lowest BCUT2D eigenvalue weighted by atomic mass is 9.98. The van der Waals surface area contributed by atoms with Crippen LogP contribution in [0.2, 0.25) is 0 Å². The first-order valence-electron chi connectivity index (χ1n) is 5.67. The summed E-state index contributed by atoms with van der Waals surface area (Å²) in [6.45, 7) is 2.50. The summed E-state index contributed by atoms with van der Waals surface area (Å²) in [5.74, 6) is 0. The third kappa shape index (κ3) is 2.50. The largest absolute Gasteiger partial charge is 0.396 e. The molecule has 1 aromatic heterocycles. The molecule has 15 heavy (non-hydrogen) atoms. The summed E-state index contributed by atoms with van der Waals surface area (Å²) in [5.41, 5.74) is 7.44. The second-order valence-electron chi connectivity index (χ2n) is 4.24. The molecule has 0 saturated heterocycles. The van der Waals surface area contributed by atoms with Crippen LogP contribution in [0.15, 0.2) is 6.20 Å². The highest BCUT2D eigenvalue weighted by molar-refractivity contribution is 5.39. The molecule has 0 amide bonds. The van der Waals surface area contributed by atoms with Crippen molar-refractivity contribution in [2.75, 3.05) is 5.73 Å². The second kappa shape index (κ2) is 4.66. The van der Waals surface area contributed by atoms with Crippen LogP contribution in [0.1, 0.15) is 37.8 Å². The van der Waals surface area contributed by atoms with Crippen molar-refractivity contribution in [3.05, 3.63) is 11.9 Å². The van der Waals surface area contributed by atoms with E-state index in [2.05, 4.69) is 5.10 Å². The molecule has 0 aliphatic heterocycles. The highest BCUT2D eigenvalue weighted by atomic mass is 16.5. The Morgan fingerprint density at radius 1 is 1.47 bits per heavy atom. The van der Waals surface area contributed by atoms with Crippen LogP contribution >= 0.6 is 0 Å². The summed E-state index contributed by atoms with van der Waals surface area (Å²) >= 11 is 0. The van der Waals surface area contributed by atoms with Gasteiger partial charge in [0.1, 0.15) is 6.73 Å². The van der Waals surface area contributed by atoms with Gasteiger partial charge in [0.25, 0.3) is 0 Å². The van der Waals surface area contributed by atoms with Crippen LogP contribution in [-0.4, -0.2) is 15.9 Å². The molecule has 0 bridgehead atoms. The molecule has 1 fully saturated rings. The zero-order chi connectivity index (χ0) is 10.7. The minimum Gasteiger partial charge on any atom is -0.396 e. The first kappa shape index (κ1) is 10.5. The zero-order valence-electron chi connectivity index (χ0n) is 9.28. The Hall–Kier alpha value is -1.03. The summed E-state index contributed by atoms with van der Waals surface area (Å²) in [5, 5.41) is 4.17. The van der Waals surface area contributed by atoms with Crippen molar-refractivity contribution in [1.82, 2.24) is 9.78 Å². The summed E-state index contributed by atoms with van der Waals surface area (Å²) < 4.78 is 7.63. The van der Waals surface area contributed by atoms with Crippen LogP contribution in [0.4, 0.5) is 5.69 Å². The molecule has 0 spiro atoms. The highest BCUT2D eigenvalue weighted by Crippen LogP contribution is 2.20. The van der Waals surface area contributed by atoms with Crippen LogP contribution in [0.25, 0.3) is 0 Å². The van der Waals surface area contributed by atoms with Crippen LogP contribution in [0, 0.1) is 6.92 Å². The molecule has 0 atom stereocenters. The Labute approximate surface area is 90.4 Å². The van der Waals surface area contributed by atoms with E-state index in [0.29, 0.717) is 12.8 Å². The minimum atomic E-state index is 0.420. The van der Waals surface area contributed by atoms with E-state index in [-0.39, 0.29) is 0 Å². The summed E-state index contributed by atoms with van der Waals surface area (Å²) in [6.07, 6.45) is 8.43. The fourth-order valence-electron chi connectivity index (χ4n) is 2.00. The van der Waals surface area contributed by atoms with Crippen LogP contribution in [-0.2, 0) is 11.5 Å². The number of hydrogen-bond donors (Lipinski definition) is 1. The molecule has 2 rings (SSSR count). The molecular weight excluding hydrogens is 190 g/mol. The molecule has 4 nitrogen and oxygen atoms in total. The maximum absolute atomic E-state index is 5.81. The molecular formula is C11H19N3O. The van der Waals surface area contributed by atoms with Crippen molar-refractivity contribution in [3.63, 3.8) is 0 Å². The van der Waals surface area contributed by atoms with Gasteiger partial charge in [-0.25, -0.2) is 4.68 Å². The first-order valence-corrected chi connectivity index (χ1v) is 5.67. The smallest absolute Gasteiger partial charge is 0.140 e. The summed E-state index contributed by atoms with van der Waals surface area (Å²) in [4.78, 5) is 0. The van der Waals surface area contributed by atoms with Gasteiger partial charge in [0, 0.05) is 0 Å². The van der Waals surface area contributed by atoms with Crippen molar-refractivity contribution in [1.29, 1.82) is 0 Å². The highest BCUT2D eigenvalue weighted by Gasteiger charge is 2.14. The van der Waals surface area contributed by atoms with E-state index in [1.807, 2.05) is 11.6 Å². The first-order chi connectivity index (χ1) is 7.27. The van der Waals surface area contributed by atoms with Crippen molar-refractivity contribution in [2.24, 2.45) is 0 Å². The van der Waals surface area contributed by atoms with Gasteiger partial charge in [0.05, 0.1) is 23.7 Å². The van der Waals surface area contributed by atoms with Gasteiger partial charge >= 0.3 is 0 Å². The summed E-state index contributed by atoms with van der Waals surface area (Å²) in [6, 6.07) is 0. The number of anilines is 1. The third-order valence-corrected chi connectivity index (χ3v) is 3.13. The predicted molar refractivity (Wildman–Crippen MR) is 59.3 cm³/mol. The Bertz CT molecular complexity index is 316. The Morgan fingerprint density at radius 2 is 2.20 bits per heavy atom. The molecule has 4 heteroatoms. The SMILES string of the molecule is Cc1c(N)cnn1COC1CCCCC1. The molecule has 1 saturated carbocycles. The molecule has 84 valence electrons. The number of hydrogen-bond acceptors (Lipinski definition) is 3. The number of nitrogen functional groups attached to an aromatic ring is 1. The number of rotatable bonds is 3. The Kier molecular flexibility index (Phi) is 3.26. The third-order valence-electron chi connectivity index (χ3n) is 3.13. The normalized spacial score (nSPS) is 18.2. The van der Waals surface area contributed by atoms with Crippen molar-refractivity contribution in [2.45, 2.75) is 51.9 Å².